The molecular weight excluding hydrogens is 316 g/mol. The highest BCUT2D eigenvalue weighted by Gasteiger charge is 2.39. The van der Waals surface area contributed by atoms with E-state index >= 15 is 0 Å². The van der Waals surface area contributed by atoms with Crippen molar-refractivity contribution in [3.05, 3.63) is 46.3 Å². The van der Waals surface area contributed by atoms with Crippen LogP contribution in [0.3, 0.4) is 0 Å². The quantitative estimate of drug-likeness (QED) is 0.879. The maximum absolute atomic E-state index is 12.9. The summed E-state index contributed by atoms with van der Waals surface area (Å²) in [4.78, 5) is 3.73. The Morgan fingerprint density at radius 2 is 2.05 bits per heavy atom. The molecule has 0 fully saturated rings. The molecule has 0 bridgehead atoms. The minimum Gasteiger partial charge on any atom is -0.383 e. The lowest BCUT2D eigenvalue weighted by atomic mass is 10.1. The van der Waals surface area contributed by atoms with Crippen molar-refractivity contribution >= 4 is 11.6 Å². The molecule has 1 N–H and O–H groups in total. The summed E-state index contributed by atoms with van der Waals surface area (Å²) in [5, 5.41) is 12.5. The first kappa shape index (κ1) is 15.7. The van der Waals surface area contributed by atoms with Crippen molar-refractivity contribution in [1.29, 1.82) is 0 Å². The summed E-state index contributed by atoms with van der Waals surface area (Å²) in [6.07, 6.45) is -8.08. The fourth-order valence-corrected chi connectivity index (χ4v) is 1.80. The highest BCUT2D eigenvalue weighted by molar-refractivity contribution is 6.31. The number of aromatic nitrogens is 2. The van der Waals surface area contributed by atoms with Gasteiger partial charge in [0, 0.05) is 11.4 Å². The molecule has 21 heavy (non-hydrogen) atoms. The molecular formula is C12H9ClF4N2O2. The molecule has 1 atom stereocenters. The summed E-state index contributed by atoms with van der Waals surface area (Å²) in [6, 6.07) is 3.71. The molecule has 9 heteroatoms. The Kier molecular flexibility index (Phi) is 4.48. The number of alkyl halides is 3. The Bertz CT molecular complexity index is 630. The fraction of sp³-hybridized carbons (Fsp3) is 0.333. The lowest BCUT2D eigenvalue weighted by molar-refractivity contribution is -0.204. The summed E-state index contributed by atoms with van der Waals surface area (Å²) >= 11 is 5.82. The van der Waals surface area contributed by atoms with Gasteiger partial charge in [0.25, 0.3) is 0 Å². The Morgan fingerprint density at radius 3 is 2.67 bits per heavy atom. The van der Waals surface area contributed by atoms with Gasteiger partial charge in [-0.2, -0.15) is 18.2 Å². The molecule has 2 rings (SSSR count). The van der Waals surface area contributed by atoms with E-state index in [1.54, 1.807) is 0 Å². The van der Waals surface area contributed by atoms with Crippen LogP contribution >= 0.6 is 11.6 Å². The number of aliphatic hydroxyl groups excluding tert-OH is 1. The normalized spacial score (nSPS) is 13.4. The van der Waals surface area contributed by atoms with Crippen LogP contribution in [0.25, 0.3) is 0 Å². The standard InChI is InChI=1S/C12H9ClF4N2O2/c13-8-4-7(14)2-1-6(8)3-10-18-11(21-19-10)5-9(20)12(15,16)17/h1-2,4,9,20H,3,5H2. The van der Waals surface area contributed by atoms with E-state index in [9.17, 15) is 17.6 Å². The largest absolute Gasteiger partial charge is 0.414 e. The highest BCUT2D eigenvalue weighted by Crippen LogP contribution is 2.23. The third-order valence-electron chi connectivity index (χ3n) is 2.62. The Morgan fingerprint density at radius 1 is 1.33 bits per heavy atom. The van der Waals surface area contributed by atoms with Gasteiger partial charge in [0.15, 0.2) is 11.9 Å². The van der Waals surface area contributed by atoms with Crippen LogP contribution in [0.4, 0.5) is 17.6 Å². The van der Waals surface area contributed by atoms with Crippen LogP contribution in [0.5, 0.6) is 0 Å². The van der Waals surface area contributed by atoms with E-state index in [-0.39, 0.29) is 23.2 Å². The predicted molar refractivity (Wildman–Crippen MR) is 64.3 cm³/mol. The second kappa shape index (κ2) is 5.98. The molecule has 1 heterocycles. The summed E-state index contributed by atoms with van der Waals surface area (Å²) in [5.74, 6) is -0.758. The first-order valence-electron chi connectivity index (χ1n) is 5.76. The summed E-state index contributed by atoms with van der Waals surface area (Å²) < 4.78 is 54.1. The second-order valence-electron chi connectivity index (χ2n) is 4.28. The van der Waals surface area contributed by atoms with E-state index < -0.39 is 24.5 Å². The molecule has 1 aromatic heterocycles. The van der Waals surface area contributed by atoms with Crippen LogP contribution in [0.15, 0.2) is 22.7 Å². The average Bonchev–Trinajstić information content (AvgIpc) is 2.79. The molecule has 0 spiro atoms. The summed E-state index contributed by atoms with van der Waals surface area (Å²) in [5.41, 5.74) is 0.502. The number of hydrogen-bond donors (Lipinski definition) is 1. The molecule has 1 unspecified atom stereocenters. The molecule has 0 saturated heterocycles. The summed E-state index contributed by atoms with van der Waals surface area (Å²) in [7, 11) is 0. The van der Waals surface area contributed by atoms with Crippen LogP contribution < -0.4 is 0 Å². The topological polar surface area (TPSA) is 59.2 Å². The van der Waals surface area contributed by atoms with Crippen molar-refractivity contribution in [3.63, 3.8) is 0 Å². The zero-order valence-corrected chi connectivity index (χ0v) is 11.1. The second-order valence-corrected chi connectivity index (χ2v) is 4.69. The first-order chi connectivity index (χ1) is 9.75. The van der Waals surface area contributed by atoms with Gasteiger partial charge in [0.1, 0.15) is 5.82 Å². The van der Waals surface area contributed by atoms with E-state index in [1.807, 2.05) is 0 Å². The van der Waals surface area contributed by atoms with Crippen LogP contribution in [-0.4, -0.2) is 27.5 Å². The number of aliphatic hydroxyl groups is 1. The average molecular weight is 325 g/mol. The van der Waals surface area contributed by atoms with Crippen LogP contribution in [0.2, 0.25) is 5.02 Å². The van der Waals surface area contributed by atoms with Crippen molar-refractivity contribution in [2.45, 2.75) is 25.1 Å². The molecule has 0 aliphatic heterocycles. The number of nitrogens with zero attached hydrogens (tertiary/aromatic N) is 2. The smallest absolute Gasteiger partial charge is 0.383 e. The summed E-state index contributed by atoms with van der Waals surface area (Å²) in [6.45, 7) is 0. The van der Waals surface area contributed by atoms with Gasteiger partial charge in [-0.25, -0.2) is 4.39 Å². The third-order valence-corrected chi connectivity index (χ3v) is 2.97. The fourth-order valence-electron chi connectivity index (χ4n) is 1.56. The Balaban J connectivity index is 2.06. The van der Waals surface area contributed by atoms with E-state index in [0.29, 0.717) is 5.56 Å². The lowest BCUT2D eigenvalue weighted by Gasteiger charge is -2.11. The Labute approximate surface area is 121 Å². The first-order valence-corrected chi connectivity index (χ1v) is 6.13. The van der Waals surface area contributed by atoms with Crippen molar-refractivity contribution in [2.75, 3.05) is 0 Å². The van der Waals surface area contributed by atoms with Gasteiger partial charge in [-0.05, 0) is 17.7 Å². The number of benzene rings is 1. The molecule has 2 aromatic rings. The van der Waals surface area contributed by atoms with Gasteiger partial charge in [-0.1, -0.05) is 22.8 Å². The molecule has 0 saturated carbocycles. The van der Waals surface area contributed by atoms with Gasteiger partial charge in [0.05, 0.1) is 6.42 Å². The highest BCUT2D eigenvalue weighted by atomic mass is 35.5. The van der Waals surface area contributed by atoms with Crippen molar-refractivity contribution in [1.82, 2.24) is 10.1 Å². The van der Waals surface area contributed by atoms with Crippen LogP contribution in [0, 0.1) is 5.82 Å². The Hall–Kier alpha value is -1.67. The van der Waals surface area contributed by atoms with Crippen molar-refractivity contribution in [2.24, 2.45) is 0 Å². The number of rotatable bonds is 4. The van der Waals surface area contributed by atoms with Gasteiger partial charge in [-0.3, -0.25) is 0 Å². The van der Waals surface area contributed by atoms with Gasteiger partial charge < -0.3 is 9.63 Å². The molecule has 1 aromatic carbocycles. The predicted octanol–water partition coefficient (Wildman–Crippen LogP) is 2.92. The zero-order valence-electron chi connectivity index (χ0n) is 10.4. The SMILES string of the molecule is OC(Cc1nc(Cc2ccc(F)cc2Cl)no1)C(F)(F)F. The van der Waals surface area contributed by atoms with Gasteiger partial charge in [0.2, 0.25) is 5.89 Å². The van der Waals surface area contributed by atoms with E-state index in [0.717, 1.165) is 6.07 Å². The number of halogens is 5. The van der Waals surface area contributed by atoms with E-state index in [4.69, 9.17) is 16.7 Å². The van der Waals surface area contributed by atoms with Crippen LogP contribution in [-0.2, 0) is 12.8 Å². The van der Waals surface area contributed by atoms with E-state index in [2.05, 4.69) is 14.7 Å². The van der Waals surface area contributed by atoms with Gasteiger partial charge in [-0.15, -0.1) is 0 Å². The minimum atomic E-state index is -4.76. The molecule has 0 amide bonds. The van der Waals surface area contributed by atoms with Crippen molar-refractivity contribution in [3.8, 4) is 0 Å². The monoisotopic (exact) mass is 324 g/mol. The molecule has 0 aliphatic carbocycles. The molecule has 0 aliphatic rings. The molecule has 114 valence electrons. The minimum absolute atomic E-state index is 0.0741. The third kappa shape index (κ3) is 4.15. The number of hydrogen-bond acceptors (Lipinski definition) is 4. The lowest BCUT2D eigenvalue weighted by Crippen LogP contribution is -2.30. The maximum Gasteiger partial charge on any atom is 0.414 e. The maximum atomic E-state index is 12.9. The van der Waals surface area contributed by atoms with Gasteiger partial charge >= 0.3 is 6.18 Å². The van der Waals surface area contributed by atoms with E-state index in [1.165, 1.54) is 12.1 Å². The molecule has 0 radical (unpaired) electrons. The van der Waals surface area contributed by atoms with Crippen LogP contribution in [0.1, 0.15) is 17.3 Å². The zero-order chi connectivity index (χ0) is 15.6. The molecule has 4 nitrogen and oxygen atoms in total. The van der Waals surface area contributed by atoms with Crippen molar-refractivity contribution < 1.29 is 27.2 Å².